The minimum atomic E-state index is 0.280. The van der Waals surface area contributed by atoms with Gasteiger partial charge in [-0.25, -0.2) is 0 Å². The van der Waals surface area contributed by atoms with E-state index in [1.165, 1.54) is 0 Å². The van der Waals surface area contributed by atoms with E-state index < -0.39 is 0 Å². The van der Waals surface area contributed by atoms with Crippen LogP contribution in [0.4, 0.5) is 5.69 Å². The fraction of sp³-hybridized carbons (Fsp3) is 0.696. The number of ether oxygens (including phenoxy) is 4. The van der Waals surface area contributed by atoms with Gasteiger partial charge in [-0.2, -0.15) is 0 Å². The third-order valence-corrected chi connectivity index (χ3v) is 5.07. The first kappa shape index (κ1) is 22.7. The Morgan fingerprint density at radius 1 is 1.17 bits per heavy atom. The Hall–Kier alpha value is -1.99. The summed E-state index contributed by atoms with van der Waals surface area (Å²) >= 11 is 0. The van der Waals surface area contributed by atoms with E-state index in [0.29, 0.717) is 38.9 Å². The molecule has 7 nitrogen and oxygen atoms in total. The molecule has 30 heavy (non-hydrogen) atoms. The van der Waals surface area contributed by atoms with E-state index in [-0.39, 0.29) is 6.10 Å². The highest BCUT2D eigenvalue weighted by Gasteiger charge is 2.15. The van der Waals surface area contributed by atoms with Gasteiger partial charge < -0.3 is 29.6 Å². The van der Waals surface area contributed by atoms with Crippen molar-refractivity contribution in [3.8, 4) is 11.5 Å². The smallest absolute Gasteiger partial charge is 0.195 e. The van der Waals surface area contributed by atoms with Crippen molar-refractivity contribution in [2.24, 2.45) is 10.9 Å². The first-order chi connectivity index (χ1) is 14.7. The van der Waals surface area contributed by atoms with Crippen molar-refractivity contribution < 1.29 is 18.9 Å². The van der Waals surface area contributed by atoms with E-state index in [4.69, 9.17) is 23.9 Å². The molecule has 0 bridgehead atoms. The third kappa shape index (κ3) is 8.03. The quantitative estimate of drug-likeness (QED) is 0.341. The Balaban J connectivity index is 1.49. The highest BCUT2D eigenvalue weighted by molar-refractivity contribution is 5.93. The second-order valence-electron chi connectivity index (χ2n) is 8.24. The first-order valence-corrected chi connectivity index (χ1v) is 11.3. The number of aliphatic imine (C=N–C) groups is 1. The van der Waals surface area contributed by atoms with Crippen molar-refractivity contribution in [3.63, 3.8) is 0 Å². The molecule has 1 unspecified atom stereocenters. The number of nitrogens with zero attached hydrogens (tertiary/aromatic N) is 1. The number of guanidine groups is 1. The fourth-order valence-corrected chi connectivity index (χ4v) is 3.34. The number of fused-ring (bicyclic) bond motifs is 1. The van der Waals surface area contributed by atoms with Gasteiger partial charge in [0, 0.05) is 44.5 Å². The van der Waals surface area contributed by atoms with E-state index in [1.54, 1.807) is 0 Å². The summed E-state index contributed by atoms with van der Waals surface area (Å²) in [6.45, 7) is 9.66. The van der Waals surface area contributed by atoms with Crippen LogP contribution in [-0.2, 0) is 9.47 Å². The van der Waals surface area contributed by atoms with Gasteiger partial charge in [-0.05, 0) is 43.7 Å². The van der Waals surface area contributed by atoms with E-state index in [0.717, 1.165) is 68.4 Å². The summed E-state index contributed by atoms with van der Waals surface area (Å²) in [6.07, 6.45) is 5.41. The molecular formula is C23H37N3O4. The molecule has 0 spiro atoms. The van der Waals surface area contributed by atoms with Crippen LogP contribution in [0.15, 0.2) is 23.2 Å². The van der Waals surface area contributed by atoms with Crippen LogP contribution in [0.3, 0.4) is 0 Å². The number of anilines is 1. The summed E-state index contributed by atoms with van der Waals surface area (Å²) in [4.78, 5) is 4.73. The Bertz CT molecular complexity index is 660. The second-order valence-corrected chi connectivity index (χ2v) is 8.24. The van der Waals surface area contributed by atoms with Crippen molar-refractivity contribution in [1.82, 2.24) is 5.32 Å². The zero-order chi connectivity index (χ0) is 21.0. The number of benzene rings is 1. The monoisotopic (exact) mass is 419 g/mol. The molecule has 0 radical (unpaired) electrons. The Morgan fingerprint density at radius 2 is 2.03 bits per heavy atom. The molecule has 1 fully saturated rings. The molecule has 2 aliphatic rings. The lowest BCUT2D eigenvalue weighted by Gasteiger charge is -2.15. The van der Waals surface area contributed by atoms with E-state index in [9.17, 15) is 0 Å². The number of hydrogen-bond donors (Lipinski definition) is 2. The van der Waals surface area contributed by atoms with Gasteiger partial charge in [0.1, 0.15) is 0 Å². The van der Waals surface area contributed by atoms with Gasteiger partial charge in [0.2, 0.25) is 0 Å². The lowest BCUT2D eigenvalue weighted by molar-refractivity contribution is 0.0171. The Morgan fingerprint density at radius 3 is 2.83 bits per heavy atom. The van der Waals surface area contributed by atoms with Crippen LogP contribution < -0.4 is 20.1 Å². The largest absolute Gasteiger partial charge is 0.490 e. The molecule has 0 saturated carbocycles. The normalized spacial score (nSPS) is 19.0. The summed E-state index contributed by atoms with van der Waals surface area (Å²) in [7, 11) is 0. The molecule has 7 heteroatoms. The first-order valence-electron chi connectivity index (χ1n) is 11.3. The van der Waals surface area contributed by atoms with E-state index in [2.05, 4.69) is 24.5 Å². The van der Waals surface area contributed by atoms with Gasteiger partial charge in [-0.3, -0.25) is 4.99 Å². The highest BCUT2D eigenvalue weighted by atomic mass is 16.5. The maximum Gasteiger partial charge on any atom is 0.195 e. The predicted octanol–water partition coefficient (Wildman–Crippen LogP) is 3.84. The molecule has 2 aliphatic heterocycles. The van der Waals surface area contributed by atoms with Gasteiger partial charge >= 0.3 is 0 Å². The topological polar surface area (TPSA) is 73.3 Å². The van der Waals surface area contributed by atoms with E-state index >= 15 is 0 Å². The number of rotatable bonds is 10. The SMILES string of the molecule is CC(C)CCNC(=NCCCOCC1CCCO1)Nc1ccc2c(c1)OCCCO2. The molecule has 2 heterocycles. The summed E-state index contributed by atoms with van der Waals surface area (Å²) in [6, 6.07) is 5.93. The van der Waals surface area contributed by atoms with Gasteiger partial charge in [0.25, 0.3) is 0 Å². The molecule has 2 N–H and O–H groups in total. The number of nitrogens with one attached hydrogen (secondary N) is 2. The Kier molecular flexibility index (Phi) is 9.57. The molecule has 1 atom stereocenters. The molecule has 0 aromatic heterocycles. The molecular weight excluding hydrogens is 382 g/mol. The van der Waals surface area contributed by atoms with Gasteiger partial charge in [0.15, 0.2) is 17.5 Å². The summed E-state index contributed by atoms with van der Waals surface area (Å²) in [5.41, 5.74) is 0.935. The average molecular weight is 420 g/mol. The fourth-order valence-electron chi connectivity index (χ4n) is 3.34. The zero-order valence-electron chi connectivity index (χ0n) is 18.5. The number of hydrogen-bond acceptors (Lipinski definition) is 5. The predicted molar refractivity (Wildman–Crippen MR) is 120 cm³/mol. The molecule has 0 amide bonds. The van der Waals surface area contributed by atoms with Crippen molar-refractivity contribution in [1.29, 1.82) is 0 Å². The standard InChI is InChI=1S/C23H37N3O4/c1-18(2)9-11-25-23(24-10-4-12-27-17-20-6-3-13-28-20)26-19-7-8-21-22(16-19)30-15-5-14-29-21/h7-8,16,18,20H,3-6,9-15,17H2,1-2H3,(H2,24,25,26). The van der Waals surface area contributed by atoms with Crippen LogP contribution in [0, 0.1) is 5.92 Å². The van der Waals surface area contributed by atoms with Crippen LogP contribution in [0.25, 0.3) is 0 Å². The minimum Gasteiger partial charge on any atom is -0.490 e. The molecule has 3 rings (SSSR count). The third-order valence-electron chi connectivity index (χ3n) is 5.07. The average Bonchev–Trinajstić information content (AvgIpc) is 3.14. The highest BCUT2D eigenvalue weighted by Crippen LogP contribution is 2.32. The molecule has 1 aromatic carbocycles. The summed E-state index contributed by atoms with van der Waals surface area (Å²) < 4.78 is 22.8. The van der Waals surface area contributed by atoms with Crippen LogP contribution in [0.1, 0.15) is 46.0 Å². The summed E-state index contributed by atoms with van der Waals surface area (Å²) in [5, 5.41) is 6.84. The van der Waals surface area contributed by atoms with Gasteiger partial charge in [-0.15, -0.1) is 0 Å². The second kappa shape index (κ2) is 12.6. The molecule has 0 aliphatic carbocycles. The van der Waals surface area contributed by atoms with Crippen molar-refractivity contribution in [2.75, 3.05) is 51.4 Å². The van der Waals surface area contributed by atoms with E-state index in [1.807, 2.05) is 18.2 Å². The molecule has 1 aromatic rings. The lowest BCUT2D eigenvalue weighted by atomic mass is 10.1. The summed E-state index contributed by atoms with van der Waals surface area (Å²) in [5.74, 6) is 3.00. The van der Waals surface area contributed by atoms with Crippen LogP contribution in [-0.4, -0.2) is 58.2 Å². The van der Waals surface area contributed by atoms with Gasteiger partial charge in [0.05, 0.1) is 25.9 Å². The van der Waals surface area contributed by atoms with Crippen LogP contribution in [0.2, 0.25) is 0 Å². The van der Waals surface area contributed by atoms with Gasteiger partial charge in [-0.1, -0.05) is 13.8 Å². The lowest BCUT2D eigenvalue weighted by Crippen LogP contribution is -2.32. The maximum absolute atomic E-state index is 5.80. The zero-order valence-corrected chi connectivity index (χ0v) is 18.5. The minimum absolute atomic E-state index is 0.280. The molecule has 168 valence electrons. The van der Waals surface area contributed by atoms with Crippen LogP contribution in [0.5, 0.6) is 11.5 Å². The Labute approximate surface area is 180 Å². The van der Waals surface area contributed by atoms with Crippen molar-refractivity contribution in [2.45, 2.75) is 52.1 Å². The van der Waals surface area contributed by atoms with Crippen molar-refractivity contribution in [3.05, 3.63) is 18.2 Å². The van der Waals surface area contributed by atoms with Crippen LogP contribution >= 0.6 is 0 Å². The van der Waals surface area contributed by atoms with Crippen molar-refractivity contribution >= 4 is 11.6 Å². The molecule has 1 saturated heterocycles. The maximum atomic E-state index is 5.80.